The average Bonchev–Trinajstić information content (AvgIpc) is 2.63. The van der Waals surface area contributed by atoms with E-state index < -0.39 is 0 Å². The second-order valence-corrected chi connectivity index (χ2v) is 8.44. The fraction of sp³-hybridized carbons (Fsp3) is 0.714. The number of aliphatic hydroxyl groups is 1. The maximum atomic E-state index is 9.53. The molecule has 1 saturated heterocycles. The second-order valence-electron chi connectivity index (χ2n) is 8.44. The van der Waals surface area contributed by atoms with Crippen molar-refractivity contribution < 1.29 is 19.3 Å². The molecule has 1 heterocycles. The SMILES string of the molecule is COc1cc(OC)c(CN2CCN(CC(C)(C)C)[C@H](CCO)C2)c(OC)c1. The lowest BCUT2D eigenvalue weighted by Gasteiger charge is -2.44. The van der Waals surface area contributed by atoms with Crippen LogP contribution in [0, 0.1) is 5.41 Å². The minimum atomic E-state index is 0.217. The van der Waals surface area contributed by atoms with Crippen molar-refractivity contribution >= 4 is 0 Å². The predicted octanol–water partition coefficient (Wildman–Crippen LogP) is 2.63. The molecule has 1 aliphatic rings. The van der Waals surface area contributed by atoms with E-state index in [1.165, 1.54) is 0 Å². The maximum absolute atomic E-state index is 9.53. The molecule has 1 atom stereocenters. The smallest absolute Gasteiger partial charge is 0.130 e. The molecule has 0 aliphatic carbocycles. The Morgan fingerprint density at radius 2 is 1.67 bits per heavy atom. The molecule has 0 unspecified atom stereocenters. The first-order chi connectivity index (χ1) is 12.8. The Labute approximate surface area is 164 Å². The summed E-state index contributed by atoms with van der Waals surface area (Å²) in [6, 6.07) is 4.16. The largest absolute Gasteiger partial charge is 0.496 e. The van der Waals surface area contributed by atoms with Crippen LogP contribution in [-0.4, -0.2) is 75.1 Å². The zero-order chi connectivity index (χ0) is 20.0. The molecule has 2 rings (SSSR count). The van der Waals surface area contributed by atoms with Crippen molar-refractivity contribution in [3.8, 4) is 17.2 Å². The van der Waals surface area contributed by atoms with E-state index in [-0.39, 0.29) is 12.0 Å². The van der Waals surface area contributed by atoms with E-state index in [0.717, 1.165) is 62.0 Å². The van der Waals surface area contributed by atoms with Gasteiger partial charge in [0.05, 0.1) is 26.9 Å². The van der Waals surface area contributed by atoms with Gasteiger partial charge in [0.25, 0.3) is 0 Å². The molecule has 1 fully saturated rings. The Morgan fingerprint density at radius 3 is 2.15 bits per heavy atom. The Bertz CT molecular complexity index is 575. The van der Waals surface area contributed by atoms with Crippen molar-refractivity contribution in [1.29, 1.82) is 0 Å². The van der Waals surface area contributed by atoms with Crippen LogP contribution < -0.4 is 14.2 Å². The van der Waals surface area contributed by atoms with Gasteiger partial charge in [-0.15, -0.1) is 0 Å². The van der Waals surface area contributed by atoms with Gasteiger partial charge in [0.15, 0.2) is 0 Å². The Kier molecular flexibility index (Phi) is 7.77. The van der Waals surface area contributed by atoms with Crippen LogP contribution in [0.3, 0.4) is 0 Å². The molecule has 1 aliphatic heterocycles. The highest BCUT2D eigenvalue weighted by atomic mass is 16.5. The van der Waals surface area contributed by atoms with Crippen LogP contribution in [0.1, 0.15) is 32.8 Å². The third-order valence-corrected chi connectivity index (χ3v) is 5.03. The van der Waals surface area contributed by atoms with E-state index in [1.54, 1.807) is 21.3 Å². The van der Waals surface area contributed by atoms with Crippen LogP contribution in [-0.2, 0) is 6.54 Å². The number of benzene rings is 1. The summed E-state index contributed by atoms with van der Waals surface area (Å²) in [5.74, 6) is 2.28. The quantitative estimate of drug-likeness (QED) is 0.748. The van der Waals surface area contributed by atoms with Gasteiger partial charge in [0.1, 0.15) is 17.2 Å². The van der Waals surface area contributed by atoms with E-state index in [0.29, 0.717) is 6.04 Å². The maximum Gasteiger partial charge on any atom is 0.130 e. The summed E-state index contributed by atoms with van der Waals surface area (Å²) >= 11 is 0. The minimum Gasteiger partial charge on any atom is -0.496 e. The molecular formula is C21H36N2O4. The van der Waals surface area contributed by atoms with Gasteiger partial charge in [0, 0.05) is 57.5 Å². The van der Waals surface area contributed by atoms with Gasteiger partial charge in [-0.1, -0.05) is 20.8 Å². The van der Waals surface area contributed by atoms with Crippen molar-refractivity contribution in [2.45, 2.75) is 39.8 Å². The molecule has 0 bridgehead atoms. The van der Waals surface area contributed by atoms with E-state index in [4.69, 9.17) is 14.2 Å². The molecule has 6 heteroatoms. The molecule has 0 aromatic heterocycles. The van der Waals surface area contributed by atoms with Gasteiger partial charge in [0.2, 0.25) is 0 Å². The molecule has 154 valence electrons. The van der Waals surface area contributed by atoms with Crippen LogP contribution in [0.4, 0.5) is 0 Å². The highest BCUT2D eigenvalue weighted by molar-refractivity contribution is 5.50. The molecule has 6 nitrogen and oxygen atoms in total. The van der Waals surface area contributed by atoms with Gasteiger partial charge in [-0.2, -0.15) is 0 Å². The molecule has 0 spiro atoms. The lowest BCUT2D eigenvalue weighted by atomic mass is 9.94. The number of aliphatic hydroxyl groups excluding tert-OH is 1. The summed E-state index contributed by atoms with van der Waals surface area (Å²) in [6.45, 7) is 11.7. The van der Waals surface area contributed by atoms with Gasteiger partial charge >= 0.3 is 0 Å². The van der Waals surface area contributed by atoms with Crippen molar-refractivity contribution in [2.75, 3.05) is 54.1 Å². The summed E-state index contributed by atoms with van der Waals surface area (Å²) in [4.78, 5) is 4.95. The lowest BCUT2D eigenvalue weighted by molar-refractivity contribution is 0.0334. The predicted molar refractivity (Wildman–Crippen MR) is 108 cm³/mol. The highest BCUT2D eigenvalue weighted by Gasteiger charge is 2.30. The molecule has 1 N–H and O–H groups in total. The molecule has 1 aromatic rings. The molecule has 27 heavy (non-hydrogen) atoms. The van der Waals surface area contributed by atoms with Gasteiger partial charge in [-0.05, 0) is 11.8 Å². The van der Waals surface area contributed by atoms with E-state index in [2.05, 4.69) is 30.6 Å². The number of piperazine rings is 1. The third kappa shape index (κ3) is 5.99. The number of hydrogen-bond acceptors (Lipinski definition) is 6. The summed E-state index contributed by atoms with van der Waals surface area (Å²) in [6.07, 6.45) is 0.795. The van der Waals surface area contributed by atoms with Crippen LogP contribution >= 0.6 is 0 Å². The average molecular weight is 381 g/mol. The molecule has 0 amide bonds. The number of ether oxygens (including phenoxy) is 3. The fourth-order valence-electron chi connectivity index (χ4n) is 3.80. The Morgan fingerprint density at radius 1 is 1.04 bits per heavy atom. The van der Waals surface area contributed by atoms with Crippen LogP contribution in [0.25, 0.3) is 0 Å². The molecular weight excluding hydrogens is 344 g/mol. The molecule has 0 radical (unpaired) electrons. The normalized spacial score (nSPS) is 19.1. The number of hydrogen-bond donors (Lipinski definition) is 1. The van der Waals surface area contributed by atoms with Crippen molar-refractivity contribution in [3.63, 3.8) is 0 Å². The summed E-state index contributed by atoms with van der Waals surface area (Å²) in [5.41, 5.74) is 1.28. The fourth-order valence-corrected chi connectivity index (χ4v) is 3.80. The minimum absolute atomic E-state index is 0.217. The zero-order valence-electron chi connectivity index (χ0n) is 17.7. The van der Waals surface area contributed by atoms with Crippen molar-refractivity contribution in [3.05, 3.63) is 17.7 Å². The number of methoxy groups -OCH3 is 3. The molecule has 0 saturated carbocycles. The molecule has 1 aromatic carbocycles. The first kappa shape index (κ1) is 21.8. The number of rotatable bonds is 8. The van der Waals surface area contributed by atoms with Crippen molar-refractivity contribution in [1.82, 2.24) is 9.80 Å². The van der Waals surface area contributed by atoms with E-state index >= 15 is 0 Å². The highest BCUT2D eigenvalue weighted by Crippen LogP contribution is 2.35. The summed E-state index contributed by atoms with van der Waals surface area (Å²) in [7, 11) is 4.99. The van der Waals surface area contributed by atoms with Crippen molar-refractivity contribution in [2.24, 2.45) is 5.41 Å². The van der Waals surface area contributed by atoms with Crippen LogP contribution in [0.5, 0.6) is 17.2 Å². The lowest BCUT2D eigenvalue weighted by Crippen LogP contribution is -2.54. The summed E-state index contributed by atoms with van der Waals surface area (Å²) in [5, 5.41) is 9.53. The second kappa shape index (κ2) is 9.62. The Hall–Kier alpha value is -1.50. The van der Waals surface area contributed by atoms with Gasteiger partial charge in [-0.3, -0.25) is 9.80 Å². The number of nitrogens with zero attached hydrogens (tertiary/aromatic N) is 2. The summed E-state index contributed by atoms with van der Waals surface area (Å²) < 4.78 is 16.5. The van der Waals surface area contributed by atoms with Crippen LogP contribution in [0.2, 0.25) is 0 Å². The topological polar surface area (TPSA) is 54.4 Å². The van der Waals surface area contributed by atoms with Gasteiger partial charge in [-0.25, -0.2) is 0 Å². The Balaban J connectivity index is 2.16. The zero-order valence-corrected chi connectivity index (χ0v) is 17.7. The third-order valence-electron chi connectivity index (χ3n) is 5.03. The van der Waals surface area contributed by atoms with E-state index in [9.17, 15) is 5.11 Å². The monoisotopic (exact) mass is 380 g/mol. The van der Waals surface area contributed by atoms with Crippen LogP contribution in [0.15, 0.2) is 12.1 Å². The van der Waals surface area contributed by atoms with Gasteiger partial charge < -0.3 is 19.3 Å². The first-order valence-electron chi connectivity index (χ1n) is 9.67. The van der Waals surface area contributed by atoms with E-state index in [1.807, 2.05) is 12.1 Å². The first-order valence-corrected chi connectivity index (χ1v) is 9.67. The standard InChI is InChI=1S/C21H36N2O4/c1-21(2,3)15-23-9-8-22(13-16(23)7-10-24)14-18-19(26-5)11-17(25-4)12-20(18)27-6/h11-12,16,24H,7-10,13-15H2,1-6H3/t16-/m1/s1.